The van der Waals surface area contributed by atoms with Gasteiger partial charge in [-0.05, 0) is 37.9 Å². The van der Waals surface area contributed by atoms with E-state index in [1.165, 1.54) is 0 Å². The molecule has 1 heterocycles. The average Bonchev–Trinajstić information content (AvgIpc) is 3.10. The first-order chi connectivity index (χ1) is 13.3. The van der Waals surface area contributed by atoms with Gasteiger partial charge >= 0.3 is 6.18 Å². The molecule has 0 saturated heterocycles. The van der Waals surface area contributed by atoms with Crippen molar-refractivity contribution < 1.29 is 22.6 Å². The van der Waals surface area contributed by atoms with Gasteiger partial charge in [0.05, 0.1) is 17.9 Å². The maximum Gasteiger partial charge on any atom is 0.416 e. The maximum atomic E-state index is 13.4. The number of methoxy groups -OCH3 is 1. The highest BCUT2D eigenvalue weighted by molar-refractivity contribution is 5.68. The molecule has 0 atom stereocenters. The van der Waals surface area contributed by atoms with Crippen LogP contribution >= 0.6 is 0 Å². The number of nitrogens with zero attached hydrogens (tertiary/aromatic N) is 2. The highest BCUT2D eigenvalue weighted by Gasteiger charge is 2.32. The van der Waals surface area contributed by atoms with Gasteiger partial charge in [0.25, 0.3) is 0 Å². The molecule has 0 aliphatic rings. The first-order valence-electron chi connectivity index (χ1n) is 9.05. The third-order valence-corrected chi connectivity index (χ3v) is 4.19. The number of rotatable bonds is 11. The summed E-state index contributed by atoms with van der Waals surface area (Å²) in [5, 5.41) is 10.1. The van der Waals surface area contributed by atoms with E-state index in [1.54, 1.807) is 19.4 Å². The van der Waals surface area contributed by atoms with Crippen LogP contribution in [0.1, 0.15) is 17.7 Å². The van der Waals surface area contributed by atoms with Crippen molar-refractivity contribution >= 4 is 0 Å². The van der Waals surface area contributed by atoms with Gasteiger partial charge < -0.3 is 14.8 Å². The fourth-order valence-electron chi connectivity index (χ4n) is 2.72. The molecule has 1 aromatic heterocycles. The van der Waals surface area contributed by atoms with Crippen LogP contribution in [0.25, 0.3) is 11.1 Å². The van der Waals surface area contributed by atoms with Crippen molar-refractivity contribution in [2.24, 2.45) is 0 Å². The molecule has 0 bridgehead atoms. The Morgan fingerprint density at radius 3 is 2.68 bits per heavy atom. The topological polar surface area (TPSA) is 62.4 Å². The standard InChI is InChI=1S/C19H27F3N4O2/c1-23-5-6-26(2)13-18-17(12-24-25-18)14-9-15(19(20,21)22)11-16(10-14)28-8-4-7-27-3/h9-12,23H,4-8,13H2,1-3H3,(H,24,25). The summed E-state index contributed by atoms with van der Waals surface area (Å²) >= 11 is 0. The molecule has 0 aliphatic carbocycles. The van der Waals surface area contributed by atoms with Gasteiger partial charge in [-0.25, -0.2) is 0 Å². The van der Waals surface area contributed by atoms with Crippen LogP contribution in [0.4, 0.5) is 13.2 Å². The first-order valence-corrected chi connectivity index (χ1v) is 9.05. The van der Waals surface area contributed by atoms with Gasteiger partial charge in [0.2, 0.25) is 0 Å². The molecule has 156 valence electrons. The van der Waals surface area contributed by atoms with Crippen LogP contribution in [-0.2, 0) is 17.5 Å². The summed E-state index contributed by atoms with van der Waals surface area (Å²) in [6.07, 6.45) is -2.26. The molecule has 6 nitrogen and oxygen atoms in total. The van der Waals surface area contributed by atoms with Crippen molar-refractivity contribution in [3.8, 4) is 16.9 Å². The lowest BCUT2D eigenvalue weighted by Gasteiger charge is -2.17. The molecule has 28 heavy (non-hydrogen) atoms. The van der Waals surface area contributed by atoms with E-state index in [1.807, 2.05) is 19.0 Å². The van der Waals surface area contributed by atoms with E-state index in [2.05, 4.69) is 15.5 Å². The molecule has 0 saturated carbocycles. The number of aromatic amines is 1. The maximum absolute atomic E-state index is 13.4. The molecule has 0 unspecified atom stereocenters. The van der Waals surface area contributed by atoms with Gasteiger partial charge in [-0.1, -0.05) is 0 Å². The predicted molar refractivity (Wildman–Crippen MR) is 101 cm³/mol. The molecule has 2 rings (SSSR count). The van der Waals surface area contributed by atoms with Crippen molar-refractivity contribution in [1.29, 1.82) is 0 Å². The zero-order chi connectivity index (χ0) is 20.6. The minimum Gasteiger partial charge on any atom is -0.493 e. The number of benzene rings is 1. The summed E-state index contributed by atoms with van der Waals surface area (Å²) in [6, 6.07) is 3.77. The summed E-state index contributed by atoms with van der Waals surface area (Å²) in [6.45, 7) is 2.87. The number of halogens is 3. The van der Waals surface area contributed by atoms with Crippen molar-refractivity contribution in [3.63, 3.8) is 0 Å². The van der Waals surface area contributed by atoms with E-state index in [4.69, 9.17) is 9.47 Å². The molecule has 0 spiro atoms. The van der Waals surface area contributed by atoms with Gasteiger partial charge in [-0.15, -0.1) is 0 Å². The number of ether oxygens (including phenoxy) is 2. The Kier molecular flexibility index (Phi) is 8.28. The third kappa shape index (κ3) is 6.50. The summed E-state index contributed by atoms with van der Waals surface area (Å²) in [5.41, 5.74) is 0.983. The van der Waals surface area contributed by atoms with E-state index in [0.717, 1.165) is 25.2 Å². The Bertz CT molecular complexity index is 734. The summed E-state index contributed by atoms with van der Waals surface area (Å²) in [7, 11) is 5.37. The second-order valence-corrected chi connectivity index (χ2v) is 6.53. The highest BCUT2D eigenvalue weighted by atomic mass is 19.4. The Morgan fingerprint density at radius 2 is 2.00 bits per heavy atom. The lowest BCUT2D eigenvalue weighted by atomic mass is 10.0. The molecule has 2 aromatic rings. The van der Waals surface area contributed by atoms with Crippen molar-refractivity contribution in [3.05, 3.63) is 35.7 Å². The van der Waals surface area contributed by atoms with Gasteiger partial charge in [0, 0.05) is 51.5 Å². The van der Waals surface area contributed by atoms with Crippen molar-refractivity contribution in [2.75, 3.05) is 47.5 Å². The quantitative estimate of drug-likeness (QED) is 0.568. The van der Waals surface area contributed by atoms with Crippen molar-refractivity contribution in [1.82, 2.24) is 20.4 Å². The molecule has 0 radical (unpaired) electrons. The van der Waals surface area contributed by atoms with Crippen molar-refractivity contribution in [2.45, 2.75) is 19.1 Å². The number of aromatic nitrogens is 2. The largest absolute Gasteiger partial charge is 0.493 e. The van der Waals surface area contributed by atoms with Crippen LogP contribution < -0.4 is 10.1 Å². The predicted octanol–water partition coefficient (Wildman–Crippen LogP) is 3.16. The smallest absolute Gasteiger partial charge is 0.416 e. The van der Waals surface area contributed by atoms with Gasteiger partial charge in [-0.2, -0.15) is 18.3 Å². The second kappa shape index (κ2) is 10.4. The number of nitrogens with one attached hydrogen (secondary N) is 2. The first kappa shape index (κ1) is 22.2. The van der Waals surface area contributed by atoms with E-state index in [0.29, 0.717) is 36.4 Å². The number of alkyl halides is 3. The number of H-pyrrole nitrogens is 1. The van der Waals surface area contributed by atoms with E-state index in [9.17, 15) is 13.2 Å². The monoisotopic (exact) mass is 400 g/mol. The fraction of sp³-hybridized carbons (Fsp3) is 0.526. The van der Waals surface area contributed by atoms with Crippen LogP contribution in [-0.4, -0.2) is 62.6 Å². The number of likely N-dealkylation sites (N-methyl/N-ethyl adjacent to an activating group) is 2. The van der Waals surface area contributed by atoms with Crippen LogP contribution in [0.5, 0.6) is 5.75 Å². The third-order valence-electron chi connectivity index (χ3n) is 4.19. The second-order valence-electron chi connectivity index (χ2n) is 6.53. The van der Waals surface area contributed by atoms with E-state index >= 15 is 0 Å². The Labute approximate surface area is 163 Å². The Morgan fingerprint density at radius 1 is 1.21 bits per heavy atom. The molecular formula is C19H27F3N4O2. The number of hydrogen-bond acceptors (Lipinski definition) is 5. The number of hydrogen-bond donors (Lipinski definition) is 2. The summed E-state index contributed by atoms with van der Waals surface area (Å²) in [5.74, 6) is 0.177. The average molecular weight is 400 g/mol. The van der Waals surface area contributed by atoms with Gasteiger partial charge in [0.1, 0.15) is 5.75 Å². The molecule has 0 aliphatic heterocycles. The van der Waals surface area contributed by atoms with Gasteiger partial charge in [-0.3, -0.25) is 10.00 Å². The minimum absolute atomic E-state index is 0.177. The molecule has 0 fully saturated rings. The van der Waals surface area contributed by atoms with Crippen LogP contribution in [0.3, 0.4) is 0 Å². The van der Waals surface area contributed by atoms with Crippen LogP contribution in [0.15, 0.2) is 24.4 Å². The Balaban J connectivity index is 2.27. The Hall–Kier alpha value is -2.10. The highest BCUT2D eigenvalue weighted by Crippen LogP contribution is 2.36. The molecule has 9 heteroatoms. The molecular weight excluding hydrogens is 373 g/mol. The van der Waals surface area contributed by atoms with Gasteiger partial charge in [0.15, 0.2) is 0 Å². The fourth-order valence-corrected chi connectivity index (χ4v) is 2.72. The van der Waals surface area contributed by atoms with Crippen LogP contribution in [0, 0.1) is 0 Å². The zero-order valence-electron chi connectivity index (χ0n) is 16.4. The van der Waals surface area contributed by atoms with Crippen LogP contribution in [0.2, 0.25) is 0 Å². The summed E-state index contributed by atoms with van der Waals surface area (Å²) < 4.78 is 50.6. The lowest BCUT2D eigenvalue weighted by molar-refractivity contribution is -0.137. The molecule has 0 amide bonds. The zero-order valence-corrected chi connectivity index (χ0v) is 16.4. The molecule has 1 aromatic carbocycles. The lowest BCUT2D eigenvalue weighted by Crippen LogP contribution is -2.27. The minimum atomic E-state index is -4.46. The summed E-state index contributed by atoms with van der Waals surface area (Å²) in [4.78, 5) is 2.05. The van der Waals surface area contributed by atoms with E-state index < -0.39 is 11.7 Å². The SMILES string of the molecule is CNCCN(C)Cc1n[nH]cc1-c1cc(OCCCOC)cc(C(F)(F)F)c1. The molecule has 2 N–H and O–H groups in total. The van der Waals surface area contributed by atoms with E-state index in [-0.39, 0.29) is 12.4 Å². The normalized spacial score (nSPS) is 12.0.